The number of rotatable bonds is 8. The van der Waals surface area contributed by atoms with E-state index in [2.05, 4.69) is 9.82 Å². The summed E-state index contributed by atoms with van der Waals surface area (Å²) in [6.45, 7) is 0.597. The maximum atomic E-state index is 11.9. The molecule has 0 aromatic carbocycles. The second-order valence-electron chi connectivity index (χ2n) is 4.71. The highest BCUT2D eigenvalue weighted by molar-refractivity contribution is 7.89. The van der Waals surface area contributed by atoms with Crippen LogP contribution in [-0.2, 0) is 21.4 Å². The number of nitrogens with one attached hydrogen (secondary N) is 1. The molecule has 1 saturated carbocycles. The van der Waals surface area contributed by atoms with Crippen molar-refractivity contribution in [3.63, 3.8) is 0 Å². The van der Waals surface area contributed by atoms with Crippen molar-refractivity contribution in [2.24, 2.45) is 5.92 Å². The van der Waals surface area contributed by atoms with Crippen molar-refractivity contribution in [3.05, 3.63) is 12.4 Å². The van der Waals surface area contributed by atoms with Crippen molar-refractivity contribution in [2.45, 2.75) is 37.1 Å². The Kier molecular flexibility index (Phi) is 4.20. The van der Waals surface area contributed by atoms with Crippen LogP contribution >= 0.6 is 0 Å². The Labute approximate surface area is 111 Å². The topological polar surface area (TPSA) is 101 Å². The van der Waals surface area contributed by atoms with Crippen LogP contribution in [0.5, 0.6) is 0 Å². The predicted molar refractivity (Wildman–Crippen MR) is 67.0 cm³/mol. The summed E-state index contributed by atoms with van der Waals surface area (Å²) in [6.07, 6.45) is 5.75. The summed E-state index contributed by atoms with van der Waals surface area (Å²) in [7, 11) is -3.53. The van der Waals surface area contributed by atoms with Crippen molar-refractivity contribution in [1.29, 1.82) is 0 Å². The average Bonchev–Trinajstić information content (AvgIpc) is 3.02. The Hall–Kier alpha value is -1.41. The molecule has 0 amide bonds. The van der Waals surface area contributed by atoms with E-state index in [-0.39, 0.29) is 17.9 Å². The van der Waals surface area contributed by atoms with Crippen molar-refractivity contribution in [2.75, 3.05) is 6.54 Å². The third-order valence-corrected chi connectivity index (χ3v) is 4.43. The summed E-state index contributed by atoms with van der Waals surface area (Å²) in [5.74, 6) is -0.275. The lowest BCUT2D eigenvalue weighted by Crippen LogP contribution is -2.24. The Bertz CT molecular complexity index is 548. The van der Waals surface area contributed by atoms with Gasteiger partial charge in [-0.25, -0.2) is 13.1 Å². The summed E-state index contributed by atoms with van der Waals surface area (Å²) < 4.78 is 27.7. The van der Waals surface area contributed by atoms with Gasteiger partial charge in [0.25, 0.3) is 0 Å². The zero-order valence-corrected chi connectivity index (χ0v) is 11.3. The summed E-state index contributed by atoms with van der Waals surface area (Å²) >= 11 is 0. The van der Waals surface area contributed by atoms with Crippen LogP contribution in [0.4, 0.5) is 0 Å². The average molecular weight is 287 g/mol. The lowest BCUT2D eigenvalue weighted by Gasteiger charge is -2.03. The van der Waals surface area contributed by atoms with E-state index in [1.54, 1.807) is 0 Å². The molecule has 0 bridgehead atoms. The van der Waals surface area contributed by atoms with Crippen molar-refractivity contribution >= 4 is 16.0 Å². The quantitative estimate of drug-likeness (QED) is 0.722. The van der Waals surface area contributed by atoms with Crippen LogP contribution in [0, 0.1) is 5.92 Å². The first-order chi connectivity index (χ1) is 8.97. The molecule has 1 heterocycles. The molecular formula is C11H17N3O4S. The van der Waals surface area contributed by atoms with Crippen molar-refractivity contribution < 1.29 is 18.3 Å². The van der Waals surface area contributed by atoms with Crippen LogP contribution in [-0.4, -0.2) is 35.8 Å². The van der Waals surface area contributed by atoms with E-state index >= 15 is 0 Å². The van der Waals surface area contributed by atoms with Crippen molar-refractivity contribution in [1.82, 2.24) is 14.5 Å². The molecule has 7 nitrogen and oxygen atoms in total. The van der Waals surface area contributed by atoms with E-state index in [0.29, 0.717) is 12.5 Å². The van der Waals surface area contributed by atoms with E-state index in [1.807, 2.05) is 0 Å². The summed E-state index contributed by atoms with van der Waals surface area (Å²) in [5.41, 5.74) is 0. The van der Waals surface area contributed by atoms with E-state index in [4.69, 9.17) is 5.11 Å². The number of aliphatic carboxylic acids is 1. The van der Waals surface area contributed by atoms with Gasteiger partial charge in [-0.15, -0.1) is 0 Å². The number of hydrogen-bond acceptors (Lipinski definition) is 4. The van der Waals surface area contributed by atoms with Gasteiger partial charge in [0.2, 0.25) is 10.0 Å². The minimum atomic E-state index is -3.53. The lowest BCUT2D eigenvalue weighted by atomic mass is 10.3. The minimum Gasteiger partial charge on any atom is -0.481 e. The molecule has 0 saturated heterocycles. The van der Waals surface area contributed by atoms with Gasteiger partial charge in [-0.2, -0.15) is 5.10 Å². The molecule has 0 unspecified atom stereocenters. The summed E-state index contributed by atoms with van der Waals surface area (Å²) in [4.78, 5) is 10.5. The van der Waals surface area contributed by atoms with Crippen LogP contribution in [0.15, 0.2) is 17.3 Å². The zero-order chi connectivity index (χ0) is 13.9. The smallest absolute Gasteiger partial charge is 0.305 e. The number of hydrogen-bond donors (Lipinski definition) is 2. The van der Waals surface area contributed by atoms with E-state index in [0.717, 1.165) is 6.42 Å². The van der Waals surface area contributed by atoms with Crippen molar-refractivity contribution in [3.8, 4) is 0 Å². The second-order valence-corrected chi connectivity index (χ2v) is 6.48. The van der Waals surface area contributed by atoms with Gasteiger partial charge in [0.05, 0.1) is 19.2 Å². The van der Waals surface area contributed by atoms with Crippen LogP contribution in [0.1, 0.15) is 25.7 Å². The largest absolute Gasteiger partial charge is 0.481 e. The number of carboxylic acids is 1. The third-order valence-electron chi connectivity index (χ3n) is 3.02. The second kappa shape index (κ2) is 5.70. The molecular weight excluding hydrogens is 270 g/mol. The van der Waals surface area contributed by atoms with Gasteiger partial charge in [-0.05, 0) is 12.3 Å². The predicted octanol–water partition coefficient (Wildman–Crippen LogP) is 0.436. The molecule has 0 atom stereocenters. The maximum absolute atomic E-state index is 11.9. The van der Waals surface area contributed by atoms with E-state index < -0.39 is 16.0 Å². The number of aryl methyl sites for hydroxylation is 1. The monoisotopic (exact) mass is 287 g/mol. The highest BCUT2D eigenvalue weighted by atomic mass is 32.2. The standard InChI is InChI=1S/C11H17N3O4S/c15-11(16)4-6-14-8-10(7-12-14)19(17,18)13-5-3-9-1-2-9/h7-9,13H,1-6H2,(H,15,16). The minimum absolute atomic E-state index is 0.0775. The van der Waals surface area contributed by atoms with Gasteiger partial charge < -0.3 is 5.11 Å². The molecule has 0 aliphatic heterocycles. The molecule has 1 aliphatic carbocycles. The Balaban J connectivity index is 1.89. The van der Waals surface area contributed by atoms with E-state index in [9.17, 15) is 13.2 Å². The molecule has 2 N–H and O–H groups in total. The Morgan fingerprint density at radius 1 is 1.53 bits per heavy atom. The fourth-order valence-corrected chi connectivity index (χ4v) is 2.70. The van der Waals surface area contributed by atoms with Crippen LogP contribution < -0.4 is 4.72 Å². The van der Waals surface area contributed by atoms with Crippen LogP contribution in [0.2, 0.25) is 0 Å². The van der Waals surface area contributed by atoms with Crippen LogP contribution in [0.25, 0.3) is 0 Å². The number of carbonyl (C=O) groups is 1. The fourth-order valence-electron chi connectivity index (χ4n) is 1.70. The molecule has 8 heteroatoms. The molecule has 0 spiro atoms. The molecule has 19 heavy (non-hydrogen) atoms. The van der Waals surface area contributed by atoms with Crippen LogP contribution in [0.3, 0.4) is 0 Å². The van der Waals surface area contributed by atoms with Gasteiger partial charge >= 0.3 is 5.97 Å². The van der Waals surface area contributed by atoms with Gasteiger partial charge in [0.15, 0.2) is 0 Å². The Morgan fingerprint density at radius 3 is 2.89 bits per heavy atom. The number of aromatic nitrogens is 2. The molecule has 2 rings (SSSR count). The first-order valence-electron chi connectivity index (χ1n) is 6.21. The highest BCUT2D eigenvalue weighted by Gasteiger charge is 2.22. The third kappa shape index (κ3) is 4.32. The van der Waals surface area contributed by atoms with E-state index in [1.165, 1.54) is 29.9 Å². The summed E-state index contributed by atoms with van der Waals surface area (Å²) in [6, 6.07) is 0. The highest BCUT2D eigenvalue weighted by Crippen LogP contribution is 2.31. The SMILES string of the molecule is O=C(O)CCn1cc(S(=O)(=O)NCCC2CC2)cn1. The zero-order valence-electron chi connectivity index (χ0n) is 10.4. The van der Waals surface area contributed by atoms with Gasteiger partial charge in [-0.1, -0.05) is 12.8 Å². The number of nitrogens with zero attached hydrogens (tertiary/aromatic N) is 2. The number of sulfonamides is 1. The molecule has 0 radical (unpaired) electrons. The lowest BCUT2D eigenvalue weighted by molar-refractivity contribution is -0.137. The molecule has 1 fully saturated rings. The normalized spacial score (nSPS) is 15.6. The van der Waals surface area contributed by atoms with Gasteiger partial charge in [-0.3, -0.25) is 9.48 Å². The fraction of sp³-hybridized carbons (Fsp3) is 0.636. The molecule has 1 aromatic rings. The maximum Gasteiger partial charge on any atom is 0.305 e. The van der Waals surface area contributed by atoms with Gasteiger partial charge in [0, 0.05) is 12.7 Å². The summed E-state index contributed by atoms with van der Waals surface area (Å²) in [5, 5.41) is 12.4. The molecule has 1 aliphatic rings. The first-order valence-corrected chi connectivity index (χ1v) is 7.69. The Morgan fingerprint density at radius 2 is 2.26 bits per heavy atom. The number of carboxylic acid groups (broad SMARTS) is 1. The van der Waals surface area contributed by atoms with Gasteiger partial charge in [0.1, 0.15) is 4.90 Å². The molecule has 106 valence electrons. The molecule has 1 aromatic heterocycles. The first kappa shape index (κ1) is 14.0.